The number of hydrogen-bond acceptors (Lipinski definition) is 4. The second-order valence-electron chi connectivity index (χ2n) is 2.64. The van der Waals surface area contributed by atoms with E-state index in [9.17, 15) is 9.59 Å². The highest BCUT2D eigenvalue weighted by molar-refractivity contribution is 7.12. The van der Waals surface area contributed by atoms with Crippen LogP contribution in [-0.4, -0.2) is 25.7 Å². The lowest BCUT2D eigenvalue weighted by Crippen LogP contribution is -2.28. The van der Waals surface area contributed by atoms with Crippen molar-refractivity contribution in [2.75, 3.05) is 19.0 Å². The molecule has 1 aromatic rings. The molecule has 0 atom stereocenters. The van der Waals surface area contributed by atoms with Crippen molar-refractivity contribution in [3.63, 3.8) is 0 Å². The fourth-order valence-electron chi connectivity index (χ4n) is 0.986. The normalized spacial score (nSPS) is 9.47. The van der Waals surface area contributed by atoms with Crippen molar-refractivity contribution in [1.82, 2.24) is 5.32 Å². The average molecular weight is 228 g/mol. The number of urea groups is 1. The molecule has 1 aromatic heterocycles. The van der Waals surface area contributed by atoms with Crippen LogP contribution in [0.2, 0.25) is 0 Å². The minimum atomic E-state index is -0.447. The Labute approximate surface area is 91.4 Å². The molecule has 0 unspecified atom stereocenters. The Morgan fingerprint density at radius 3 is 2.87 bits per heavy atom. The lowest BCUT2D eigenvalue weighted by Gasteiger charge is -2.05. The Hall–Kier alpha value is -1.56. The largest absolute Gasteiger partial charge is 0.465 e. The van der Waals surface area contributed by atoms with E-state index >= 15 is 0 Å². The molecule has 1 heterocycles. The van der Waals surface area contributed by atoms with Gasteiger partial charge in [-0.2, -0.15) is 0 Å². The van der Waals surface area contributed by atoms with Gasteiger partial charge in [0.05, 0.1) is 12.8 Å². The van der Waals surface area contributed by atoms with Crippen LogP contribution in [0.1, 0.15) is 16.6 Å². The molecular weight excluding hydrogens is 216 g/mol. The molecule has 2 N–H and O–H groups in total. The third-order valence-electron chi connectivity index (χ3n) is 1.62. The molecule has 0 spiro atoms. The van der Waals surface area contributed by atoms with Gasteiger partial charge in [0.15, 0.2) is 0 Å². The van der Waals surface area contributed by atoms with E-state index in [0.29, 0.717) is 17.1 Å². The first-order chi connectivity index (χ1) is 7.19. The third-order valence-corrected chi connectivity index (χ3v) is 2.52. The summed E-state index contributed by atoms with van der Waals surface area (Å²) in [5, 5.41) is 6.85. The summed E-state index contributed by atoms with van der Waals surface area (Å²) in [6.45, 7) is 2.35. The summed E-state index contributed by atoms with van der Waals surface area (Å²) in [5.74, 6) is -0.447. The second kappa shape index (κ2) is 5.35. The van der Waals surface area contributed by atoms with E-state index in [4.69, 9.17) is 0 Å². The number of hydrogen-bond donors (Lipinski definition) is 2. The van der Waals surface area contributed by atoms with Crippen molar-refractivity contribution in [3.8, 4) is 0 Å². The summed E-state index contributed by atoms with van der Waals surface area (Å²) in [6, 6.07) is 1.33. The topological polar surface area (TPSA) is 67.4 Å². The summed E-state index contributed by atoms with van der Waals surface area (Å²) in [7, 11) is 1.30. The maximum absolute atomic E-state index is 11.3. The molecule has 15 heavy (non-hydrogen) atoms. The van der Waals surface area contributed by atoms with E-state index < -0.39 is 5.97 Å². The Kier molecular flexibility index (Phi) is 4.11. The molecule has 0 aliphatic carbocycles. The summed E-state index contributed by atoms with van der Waals surface area (Å²) in [4.78, 5) is 22.8. The number of anilines is 1. The lowest BCUT2D eigenvalue weighted by atomic mass is 10.4. The minimum absolute atomic E-state index is 0.332. The second-order valence-corrected chi connectivity index (χ2v) is 3.56. The van der Waals surface area contributed by atoms with E-state index in [2.05, 4.69) is 15.4 Å². The molecule has 0 aromatic carbocycles. The number of nitrogens with one attached hydrogen (secondary N) is 2. The highest BCUT2D eigenvalue weighted by Crippen LogP contribution is 2.22. The molecule has 0 fully saturated rings. The highest BCUT2D eigenvalue weighted by atomic mass is 32.1. The van der Waals surface area contributed by atoms with Gasteiger partial charge in [0.1, 0.15) is 4.88 Å². The molecule has 0 saturated heterocycles. The number of methoxy groups -OCH3 is 1. The van der Waals surface area contributed by atoms with Crippen LogP contribution in [0.15, 0.2) is 11.4 Å². The lowest BCUT2D eigenvalue weighted by molar-refractivity contribution is 0.0607. The molecule has 0 aliphatic rings. The first-order valence-electron chi connectivity index (χ1n) is 4.39. The minimum Gasteiger partial charge on any atom is -0.465 e. The van der Waals surface area contributed by atoms with Gasteiger partial charge in [-0.05, 0) is 18.4 Å². The zero-order valence-electron chi connectivity index (χ0n) is 8.49. The van der Waals surface area contributed by atoms with Gasteiger partial charge in [-0.25, -0.2) is 9.59 Å². The molecular formula is C9H12N2O3S. The van der Waals surface area contributed by atoms with E-state index in [1.807, 2.05) is 6.92 Å². The predicted octanol–water partition coefficient (Wildman–Crippen LogP) is 1.68. The molecule has 5 nitrogen and oxygen atoms in total. The Bertz CT molecular complexity index is 362. The maximum Gasteiger partial charge on any atom is 0.350 e. The molecule has 1 rings (SSSR count). The van der Waals surface area contributed by atoms with Gasteiger partial charge in [0.25, 0.3) is 0 Å². The molecule has 6 heteroatoms. The van der Waals surface area contributed by atoms with Crippen LogP contribution in [0, 0.1) is 0 Å². The highest BCUT2D eigenvalue weighted by Gasteiger charge is 2.14. The van der Waals surface area contributed by atoms with Gasteiger partial charge in [-0.3, -0.25) is 0 Å². The quantitative estimate of drug-likeness (QED) is 0.773. The van der Waals surface area contributed by atoms with Crippen LogP contribution in [0.4, 0.5) is 10.5 Å². The van der Waals surface area contributed by atoms with Gasteiger partial charge in [-0.15, -0.1) is 11.3 Å². The van der Waals surface area contributed by atoms with Crippen LogP contribution in [-0.2, 0) is 4.74 Å². The Morgan fingerprint density at radius 2 is 2.27 bits per heavy atom. The SMILES string of the molecule is CCNC(=O)Nc1ccsc1C(=O)OC. The van der Waals surface area contributed by atoms with Crippen LogP contribution in [0.25, 0.3) is 0 Å². The van der Waals surface area contributed by atoms with Crippen LogP contribution >= 0.6 is 11.3 Å². The molecule has 82 valence electrons. The van der Waals surface area contributed by atoms with Crippen molar-refractivity contribution in [2.24, 2.45) is 0 Å². The Morgan fingerprint density at radius 1 is 1.53 bits per heavy atom. The number of ether oxygens (including phenoxy) is 1. The van der Waals surface area contributed by atoms with E-state index in [-0.39, 0.29) is 6.03 Å². The first kappa shape index (κ1) is 11.5. The first-order valence-corrected chi connectivity index (χ1v) is 5.27. The van der Waals surface area contributed by atoms with Crippen molar-refractivity contribution in [1.29, 1.82) is 0 Å². The van der Waals surface area contributed by atoms with E-state index in [0.717, 1.165) is 0 Å². The van der Waals surface area contributed by atoms with E-state index in [1.165, 1.54) is 18.4 Å². The number of thiophene rings is 1. The van der Waals surface area contributed by atoms with Crippen molar-refractivity contribution >= 4 is 29.0 Å². The van der Waals surface area contributed by atoms with Gasteiger partial charge in [0, 0.05) is 6.54 Å². The van der Waals surface area contributed by atoms with Crippen LogP contribution in [0.3, 0.4) is 0 Å². The van der Waals surface area contributed by atoms with Crippen molar-refractivity contribution in [3.05, 3.63) is 16.3 Å². The number of rotatable bonds is 3. The summed E-state index contributed by atoms with van der Waals surface area (Å²) >= 11 is 1.23. The molecule has 2 amide bonds. The van der Waals surface area contributed by atoms with Gasteiger partial charge >= 0.3 is 12.0 Å². The smallest absolute Gasteiger partial charge is 0.350 e. The number of amides is 2. The van der Waals surface area contributed by atoms with Crippen molar-refractivity contribution in [2.45, 2.75) is 6.92 Å². The van der Waals surface area contributed by atoms with Gasteiger partial charge in [-0.1, -0.05) is 0 Å². The predicted molar refractivity (Wildman–Crippen MR) is 58.4 cm³/mol. The molecule has 0 bridgehead atoms. The summed E-state index contributed by atoms with van der Waals surface area (Å²) in [5.41, 5.74) is 0.470. The monoisotopic (exact) mass is 228 g/mol. The van der Waals surface area contributed by atoms with Gasteiger partial charge in [0.2, 0.25) is 0 Å². The van der Waals surface area contributed by atoms with Crippen LogP contribution in [0.5, 0.6) is 0 Å². The average Bonchev–Trinajstić information content (AvgIpc) is 2.65. The summed E-state index contributed by atoms with van der Waals surface area (Å²) in [6.07, 6.45) is 0. The third kappa shape index (κ3) is 2.95. The fraction of sp³-hybridized carbons (Fsp3) is 0.333. The molecule has 0 radical (unpaired) electrons. The number of carbonyl (C=O) groups is 2. The standard InChI is InChI=1S/C9H12N2O3S/c1-3-10-9(13)11-6-4-5-15-7(6)8(12)14-2/h4-5H,3H2,1-2H3,(H2,10,11,13). The fourth-order valence-corrected chi connectivity index (χ4v) is 1.75. The van der Waals surface area contributed by atoms with Crippen LogP contribution < -0.4 is 10.6 Å². The summed E-state index contributed by atoms with van der Waals surface area (Å²) < 4.78 is 4.58. The zero-order valence-corrected chi connectivity index (χ0v) is 9.31. The van der Waals surface area contributed by atoms with E-state index in [1.54, 1.807) is 11.4 Å². The van der Waals surface area contributed by atoms with Crippen molar-refractivity contribution < 1.29 is 14.3 Å². The molecule has 0 saturated carbocycles. The number of carbonyl (C=O) groups excluding carboxylic acids is 2. The zero-order chi connectivity index (χ0) is 11.3. The Balaban J connectivity index is 2.73. The van der Waals surface area contributed by atoms with Gasteiger partial charge < -0.3 is 15.4 Å². The number of esters is 1. The maximum atomic E-state index is 11.3. The molecule has 0 aliphatic heterocycles.